The molecule has 0 bridgehead atoms. The average molecular weight is 546 g/mol. The van der Waals surface area contributed by atoms with Crippen molar-refractivity contribution in [1.29, 1.82) is 0 Å². The molecule has 5 aromatic rings. The predicted octanol–water partition coefficient (Wildman–Crippen LogP) is 3.92. The van der Waals surface area contributed by atoms with E-state index in [0.717, 1.165) is 33.3 Å². The van der Waals surface area contributed by atoms with Crippen LogP contribution in [-0.2, 0) is 23.6 Å². The summed E-state index contributed by atoms with van der Waals surface area (Å²) in [5.41, 5.74) is 4.81. The van der Waals surface area contributed by atoms with Crippen LogP contribution in [0.25, 0.3) is 33.1 Å². The third-order valence-electron chi connectivity index (χ3n) is 7.06. The number of sulfonamides is 1. The molecule has 0 unspecified atom stereocenters. The van der Waals surface area contributed by atoms with Crippen LogP contribution in [0.1, 0.15) is 18.4 Å². The van der Waals surface area contributed by atoms with Crippen molar-refractivity contribution in [2.24, 2.45) is 7.05 Å². The van der Waals surface area contributed by atoms with Crippen molar-refractivity contribution >= 4 is 37.6 Å². The molecule has 1 N–H and O–H groups in total. The average Bonchev–Trinajstić information content (AvgIpc) is 3.78. The number of rotatable bonds is 8. The summed E-state index contributed by atoms with van der Waals surface area (Å²) in [6.07, 6.45) is 4.66. The van der Waals surface area contributed by atoms with E-state index >= 15 is 0 Å². The Labute approximate surface area is 224 Å². The number of hydrogen-bond donors (Lipinski definition) is 1. The predicted molar refractivity (Wildman–Crippen MR) is 150 cm³/mol. The van der Waals surface area contributed by atoms with Crippen molar-refractivity contribution < 1.29 is 17.9 Å². The highest BCUT2D eigenvalue weighted by atomic mass is 32.2. The minimum Gasteiger partial charge on any atom is -0.497 e. The SMILES string of the molecule is COc1ccc(Cn2c(=O)n(C)c3c4cc(-c5cnc(OC)c(NS(=O)(=O)C6CC6)c5)ccc4ncc32)cc1. The number of anilines is 1. The minimum atomic E-state index is -3.50. The molecule has 11 heteroatoms. The Balaban J connectivity index is 1.44. The number of imidazole rings is 1. The first kappa shape index (κ1) is 24.9. The first-order valence-electron chi connectivity index (χ1n) is 12.5. The first-order chi connectivity index (χ1) is 18.8. The number of ether oxygens (including phenoxy) is 2. The molecule has 39 heavy (non-hydrogen) atoms. The molecule has 6 rings (SSSR count). The van der Waals surface area contributed by atoms with E-state index in [1.165, 1.54) is 7.11 Å². The van der Waals surface area contributed by atoms with Gasteiger partial charge < -0.3 is 9.47 Å². The maximum Gasteiger partial charge on any atom is 0.329 e. The molecule has 2 aromatic carbocycles. The smallest absolute Gasteiger partial charge is 0.329 e. The van der Waals surface area contributed by atoms with Gasteiger partial charge in [-0.1, -0.05) is 18.2 Å². The largest absolute Gasteiger partial charge is 0.497 e. The Morgan fingerprint density at radius 1 is 0.974 bits per heavy atom. The molecule has 1 aliphatic rings. The lowest BCUT2D eigenvalue weighted by Crippen LogP contribution is -2.22. The van der Waals surface area contributed by atoms with Gasteiger partial charge in [0.15, 0.2) is 0 Å². The zero-order valence-electron chi connectivity index (χ0n) is 21.7. The number of aryl methyl sites for hydroxylation is 1. The van der Waals surface area contributed by atoms with E-state index < -0.39 is 10.0 Å². The molecule has 3 aromatic heterocycles. The third kappa shape index (κ3) is 4.48. The van der Waals surface area contributed by atoms with Crippen LogP contribution in [0, 0.1) is 0 Å². The van der Waals surface area contributed by atoms with Gasteiger partial charge >= 0.3 is 5.69 Å². The molecule has 3 heterocycles. The first-order valence-corrected chi connectivity index (χ1v) is 14.0. The van der Waals surface area contributed by atoms with Crippen LogP contribution in [0.5, 0.6) is 11.6 Å². The zero-order valence-corrected chi connectivity index (χ0v) is 22.5. The standard InChI is InChI=1S/C28H27N5O5S/c1-32-26-22-12-18(19-13-24(27(38-3)30-14-19)31-39(35,36)21-9-10-21)6-11-23(22)29-15-25(26)33(28(32)34)16-17-4-7-20(37-2)8-5-17/h4-8,11-15,21,31H,9-10,16H2,1-3H3. The monoisotopic (exact) mass is 545 g/mol. The van der Waals surface area contributed by atoms with Gasteiger partial charge in [-0.25, -0.2) is 18.2 Å². The number of pyridine rings is 2. The fourth-order valence-electron chi connectivity index (χ4n) is 4.80. The molecule has 1 aliphatic carbocycles. The van der Waals surface area contributed by atoms with Gasteiger partial charge in [-0.2, -0.15) is 0 Å². The van der Waals surface area contributed by atoms with Gasteiger partial charge in [0.25, 0.3) is 0 Å². The number of nitrogens with zero attached hydrogens (tertiary/aromatic N) is 4. The molecule has 10 nitrogen and oxygen atoms in total. The highest BCUT2D eigenvalue weighted by Gasteiger charge is 2.36. The number of hydrogen-bond acceptors (Lipinski definition) is 7. The van der Waals surface area contributed by atoms with E-state index in [9.17, 15) is 13.2 Å². The Morgan fingerprint density at radius 3 is 2.44 bits per heavy atom. The molecule has 1 saturated carbocycles. The van der Waals surface area contributed by atoms with Gasteiger partial charge in [0, 0.05) is 24.2 Å². The highest BCUT2D eigenvalue weighted by molar-refractivity contribution is 7.93. The number of methoxy groups -OCH3 is 2. The third-order valence-corrected chi connectivity index (χ3v) is 8.91. The second kappa shape index (κ2) is 9.42. The highest BCUT2D eigenvalue weighted by Crippen LogP contribution is 2.35. The van der Waals surface area contributed by atoms with Crippen LogP contribution in [0.2, 0.25) is 0 Å². The Hall–Kier alpha value is -4.38. The van der Waals surface area contributed by atoms with Gasteiger partial charge in [-0.05, 0) is 54.3 Å². The van der Waals surface area contributed by atoms with Crippen LogP contribution >= 0.6 is 0 Å². The molecule has 0 saturated heterocycles. The second-order valence-corrected chi connectivity index (χ2v) is 11.6. The summed E-state index contributed by atoms with van der Waals surface area (Å²) in [4.78, 5) is 22.3. The maximum absolute atomic E-state index is 13.3. The maximum atomic E-state index is 13.3. The van der Waals surface area contributed by atoms with Crippen molar-refractivity contribution in [3.05, 3.63) is 77.0 Å². The Morgan fingerprint density at radius 2 is 1.74 bits per heavy atom. The van der Waals surface area contributed by atoms with Crippen LogP contribution in [0.3, 0.4) is 0 Å². The van der Waals surface area contributed by atoms with Gasteiger partial charge in [-0.15, -0.1) is 0 Å². The molecular formula is C28H27N5O5S. The van der Waals surface area contributed by atoms with Crippen molar-refractivity contribution in [2.75, 3.05) is 18.9 Å². The molecule has 0 atom stereocenters. The zero-order chi connectivity index (χ0) is 27.3. The van der Waals surface area contributed by atoms with Crippen LogP contribution in [0.15, 0.2) is 65.7 Å². The molecule has 0 aliphatic heterocycles. The van der Waals surface area contributed by atoms with E-state index in [1.807, 2.05) is 42.5 Å². The summed E-state index contributed by atoms with van der Waals surface area (Å²) >= 11 is 0. The Kier molecular flexibility index (Phi) is 6.02. The summed E-state index contributed by atoms with van der Waals surface area (Å²) in [6, 6.07) is 15.0. The van der Waals surface area contributed by atoms with E-state index in [1.54, 1.807) is 41.8 Å². The summed E-state index contributed by atoms with van der Waals surface area (Å²) in [5.74, 6) is 0.951. The van der Waals surface area contributed by atoms with Gasteiger partial charge in [0.1, 0.15) is 11.4 Å². The number of benzene rings is 2. The number of fused-ring (bicyclic) bond motifs is 3. The van der Waals surface area contributed by atoms with E-state index in [2.05, 4.69) is 14.7 Å². The van der Waals surface area contributed by atoms with Gasteiger partial charge in [0.05, 0.1) is 48.8 Å². The van der Waals surface area contributed by atoms with Crippen molar-refractivity contribution in [1.82, 2.24) is 19.1 Å². The summed E-state index contributed by atoms with van der Waals surface area (Å²) in [7, 11) is 1.32. The Bertz CT molecular complexity index is 1890. The molecule has 200 valence electrons. The topological polar surface area (TPSA) is 117 Å². The summed E-state index contributed by atoms with van der Waals surface area (Å²) < 4.78 is 41.7. The summed E-state index contributed by atoms with van der Waals surface area (Å²) in [5, 5.41) is 0.420. The van der Waals surface area contributed by atoms with Crippen LogP contribution < -0.4 is 19.9 Å². The molecule has 1 fully saturated rings. The normalized spacial score (nSPS) is 13.6. The fourth-order valence-corrected chi connectivity index (χ4v) is 6.18. The van der Waals surface area contributed by atoms with Gasteiger partial charge in [0.2, 0.25) is 15.9 Å². The van der Waals surface area contributed by atoms with Crippen molar-refractivity contribution in [3.8, 4) is 22.8 Å². The fraction of sp³-hybridized carbons (Fsp3) is 0.250. The van der Waals surface area contributed by atoms with Crippen LogP contribution in [-0.4, -0.2) is 47.0 Å². The summed E-state index contributed by atoms with van der Waals surface area (Å²) in [6.45, 7) is 0.389. The van der Waals surface area contributed by atoms with Gasteiger partial charge in [-0.3, -0.25) is 18.8 Å². The van der Waals surface area contributed by atoms with Crippen molar-refractivity contribution in [2.45, 2.75) is 24.6 Å². The molecule has 0 radical (unpaired) electrons. The molecular weight excluding hydrogens is 518 g/mol. The van der Waals surface area contributed by atoms with Crippen LogP contribution in [0.4, 0.5) is 5.69 Å². The second-order valence-electron chi connectivity index (χ2n) is 9.63. The lowest BCUT2D eigenvalue weighted by molar-refractivity contribution is 0.400. The van der Waals surface area contributed by atoms with Crippen molar-refractivity contribution in [3.63, 3.8) is 0 Å². The quantitative estimate of drug-likeness (QED) is 0.314. The molecule has 0 amide bonds. The number of aromatic nitrogens is 4. The molecule has 0 spiro atoms. The number of nitrogens with one attached hydrogen (secondary N) is 1. The lowest BCUT2D eigenvalue weighted by atomic mass is 10.0. The van der Waals surface area contributed by atoms with E-state index in [0.29, 0.717) is 30.5 Å². The lowest BCUT2D eigenvalue weighted by Gasteiger charge is -2.13. The van der Waals surface area contributed by atoms with E-state index in [-0.39, 0.29) is 22.5 Å². The van der Waals surface area contributed by atoms with E-state index in [4.69, 9.17) is 9.47 Å². The minimum absolute atomic E-state index is 0.150.